The van der Waals surface area contributed by atoms with E-state index in [0.29, 0.717) is 30.3 Å². The number of aromatic nitrogens is 2. The molecule has 0 spiro atoms. The van der Waals surface area contributed by atoms with E-state index >= 15 is 0 Å². The lowest BCUT2D eigenvalue weighted by molar-refractivity contribution is 0.613. The maximum atomic E-state index is 13.7. The van der Waals surface area contributed by atoms with E-state index < -0.39 is 0 Å². The number of nitrogens with zero attached hydrogens (tertiary/aromatic N) is 2. The highest BCUT2D eigenvalue weighted by molar-refractivity contribution is 5.48. The highest BCUT2D eigenvalue weighted by atomic mass is 19.1. The lowest BCUT2D eigenvalue weighted by Crippen LogP contribution is -2.07. The monoisotopic (exact) mass is 322 g/mol. The Labute approximate surface area is 140 Å². The van der Waals surface area contributed by atoms with Crippen LogP contribution >= 0.6 is 0 Å². The molecular formula is C19H19FN4. The van der Waals surface area contributed by atoms with Crippen molar-refractivity contribution in [2.24, 2.45) is 0 Å². The van der Waals surface area contributed by atoms with Crippen molar-refractivity contribution in [1.82, 2.24) is 9.97 Å². The summed E-state index contributed by atoms with van der Waals surface area (Å²) in [5.41, 5.74) is 1.78. The van der Waals surface area contributed by atoms with Gasteiger partial charge in [0.15, 0.2) is 0 Å². The zero-order chi connectivity index (χ0) is 16.8. The molecule has 3 rings (SSSR count). The molecule has 5 heteroatoms. The molecule has 0 unspecified atom stereocenters. The van der Waals surface area contributed by atoms with Gasteiger partial charge in [0.25, 0.3) is 0 Å². The van der Waals surface area contributed by atoms with E-state index in [1.165, 1.54) is 11.6 Å². The van der Waals surface area contributed by atoms with Crippen LogP contribution < -0.4 is 10.6 Å². The fraction of sp³-hybridized carbons (Fsp3) is 0.158. The van der Waals surface area contributed by atoms with E-state index in [1.54, 1.807) is 12.1 Å². The first-order valence-corrected chi connectivity index (χ1v) is 7.81. The van der Waals surface area contributed by atoms with Crippen LogP contribution in [0.25, 0.3) is 0 Å². The average Bonchev–Trinajstić information content (AvgIpc) is 2.60. The van der Waals surface area contributed by atoms with E-state index in [2.05, 4.69) is 32.7 Å². The Morgan fingerprint density at radius 2 is 1.46 bits per heavy atom. The number of hydrogen-bond donors (Lipinski definition) is 2. The zero-order valence-electron chi connectivity index (χ0n) is 13.5. The second-order valence-corrected chi connectivity index (χ2v) is 5.47. The normalized spacial score (nSPS) is 10.4. The van der Waals surface area contributed by atoms with Crippen molar-refractivity contribution in [2.75, 3.05) is 10.6 Å². The first-order valence-electron chi connectivity index (χ1n) is 7.81. The van der Waals surface area contributed by atoms with Gasteiger partial charge in [-0.15, -0.1) is 0 Å². The fourth-order valence-corrected chi connectivity index (χ4v) is 2.36. The van der Waals surface area contributed by atoms with E-state index in [4.69, 9.17) is 0 Å². The Kier molecular flexibility index (Phi) is 5.01. The minimum Gasteiger partial charge on any atom is -0.366 e. The first-order chi connectivity index (χ1) is 11.7. The first kappa shape index (κ1) is 15.9. The summed E-state index contributed by atoms with van der Waals surface area (Å²) in [4.78, 5) is 8.73. The van der Waals surface area contributed by atoms with Gasteiger partial charge in [-0.2, -0.15) is 0 Å². The molecular weight excluding hydrogens is 303 g/mol. The summed E-state index contributed by atoms with van der Waals surface area (Å²) in [6, 6.07) is 18.6. The number of halogens is 1. The highest BCUT2D eigenvalue weighted by Crippen LogP contribution is 2.14. The summed E-state index contributed by atoms with van der Waals surface area (Å²) in [6.07, 6.45) is 0. The fourth-order valence-electron chi connectivity index (χ4n) is 2.36. The van der Waals surface area contributed by atoms with Crippen LogP contribution in [0.2, 0.25) is 0 Å². The maximum Gasteiger partial charge on any atom is 0.132 e. The maximum absolute atomic E-state index is 13.7. The zero-order valence-corrected chi connectivity index (χ0v) is 13.5. The van der Waals surface area contributed by atoms with Gasteiger partial charge in [-0.05, 0) is 18.6 Å². The van der Waals surface area contributed by atoms with Gasteiger partial charge in [0, 0.05) is 24.7 Å². The van der Waals surface area contributed by atoms with Crippen LogP contribution in [0, 0.1) is 12.7 Å². The number of benzene rings is 2. The van der Waals surface area contributed by atoms with Crippen molar-refractivity contribution in [1.29, 1.82) is 0 Å². The lowest BCUT2D eigenvalue weighted by Gasteiger charge is -2.11. The van der Waals surface area contributed by atoms with Gasteiger partial charge >= 0.3 is 0 Å². The molecule has 0 aliphatic heterocycles. The second kappa shape index (κ2) is 7.55. The Bertz CT molecular complexity index is 805. The van der Waals surface area contributed by atoms with Crippen LogP contribution in [0.5, 0.6) is 0 Å². The molecule has 0 atom stereocenters. The molecule has 0 radical (unpaired) electrons. The topological polar surface area (TPSA) is 49.8 Å². The summed E-state index contributed by atoms with van der Waals surface area (Å²) < 4.78 is 13.7. The highest BCUT2D eigenvalue weighted by Gasteiger charge is 2.04. The Hall–Kier alpha value is -2.95. The van der Waals surface area contributed by atoms with Crippen LogP contribution in [0.3, 0.4) is 0 Å². The van der Waals surface area contributed by atoms with Crippen molar-refractivity contribution in [3.8, 4) is 0 Å². The van der Waals surface area contributed by atoms with Crippen LogP contribution in [-0.4, -0.2) is 9.97 Å². The molecule has 0 aliphatic rings. The predicted molar refractivity (Wildman–Crippen MR) is 94.3 cm³/mol. The Balaban J connectivity index is 1.66. The molecule has 4 nitrogen and oxygen atoms in total. The van der Waals surface area contributed by atoms with Crippen molar-refractivity contribution in [3.63, 3.8) is 0 Å². The standard InChI is InChI=1S/C19H19FN4/c1-14-23-18(21-12-15-7-3-2-4-8-15)11-19(24-14)22-13-16-9-5-6-10-17(16)20/h2-11H,12-13H2,1H3,(H2,21,22,23,24). The minimum atomic E-state index is -0.224. The molecule has 2 aromatic carbocycles. The molecule has 2 N–H and O–H groups in total. The number of anilines is 2. The van der Waals surface area contributed by atoms with Crippen LogP contribution in [0.4, 0.5) is 16.0 Å². The van der Waals surface area contributed by atoms with Crippen molar-refractivity contribution < 1.29 is 4.39 Å². The van der Waals surface area contributed by atoms with Gasteiger partial charge in [-0.1, -0.05) is 48.5 Å². The molecule has 1 heterocycles. The van der Waals surface area contributed by atoms with Crippen molar-refractivity contribution >= 4 is 11.6 Å². The summed E-state index contributed by atoms with van der Waals surface area (Å²) in [5, 5.41) is 6.44. The molecule has 0 saturated carbocycles. The van der Waals surface area contributed by atoms with E-state index in [1.807, 2.05) is 37.3 Å². The molecule has 0 fully saturated rings. The number of rotatable bonds is 6. The molecule has 0 bridgehead atoms. The largest absolute Gasteiger partial charge is 0.366 e. The summed E-state index contributed by atoms with van der Waals surface area (Å²) in [7, 11) is 0. The SMILES string of the molecule is Cc1nc(NCc2ccccc2)cc(NCc2ccccc2F)n1. The van der Waals surface area contributed by atoms with Crippen LogP contribution in [0.1, 0.15) is 17.0 Å². The van der Waals surface area contributed by atoms with E-state index in [0.717, 1.165) is 5.82 Å². The number of hydrogen-bond acceptors (Lipinski definition) is 4. The third-order valence-electron chi connectivity index (χ3n) is 3.57. The second-order valence-electron chi connectivity index (χ2n) is 5.47. The number of nitrogens with one attached hydrogen (secondary N) is 2. The smallest absolute Gasteiger partial charge is 0.132 e. The average molecular weight is 322 g/mol. The third-order valence-corrected chi connectivity index (χ3v) is 3.57. The van der Waals surface area contributed by atoms with E-state index in [-0.39, 0.29) is 5.82 Å². The summed E-state index contributed by atoms with van der Waals surface area (Å²) in [6.45, 7) is 2.90. The van der Waals surface area contributed by atoms with Crippen molar-refractivity contribution in [2.45, 2.75) is 20.0 Å². The van der Waals surface area contributed by atoms with Gasteiger partial charge in [-0.25, -0.2) is 14.4 Å². The molecule has 0 amide bonds. The molecule has 0 saturated heterocycles. The molecule has 1 aromatic heterocycles. The van der Waals surface area contributed by atoms with Crippen molar-refractivity contribution in [3.05, 3.63) is 83.4 Å². The van der Waals surface area contributed by atoms with Crippen LogP contribution in [0.15, 0.2) is 60.7 Å². The summed E-state index contributed by atoms with van der Waals surface area (Å²) >= 11 is 0. The molecule has 24 heavy (non-hydrogen) atoms. The molecule has 3 aromatic rings. The predicted octanol–water partition coefficient (Wildman–Crippen LogP) is 4.15. The van der Waals surface area contributed by atoms with Crippen LogP contribution in [-0.2, 0) is 13.1 Å². The minimum absolute atomic E-state index is 0.224. The quantitative estimate of drug-likeness (QED) is 0.716. The Morgan fingerprint density at radius 1 is 0.833 bits per heavy atom. The number of aryl methyl sites for hydroxylation is 1. The van der Waals surface area contributed by atoms with Gasteiger partial charge in [0.1, 0.15) is 23.3 Å². The van der Waals surface area contributed by atoms with E-state index in [9.17, 15) is 4.39 Å². The van der Waals surface area contributed by atoms with Gasteiger partial charge in [-0.3, -0.25) is 0 Å². The van der Waals surface area contributed by atoms with Gasteiger partial charge in [0.2, 0.25) is 0 Å². The summed E-state index contributed by atoms with van der Waals surface area (Å²) in [5.74, 6) is 1.84. The molecule has 0 aliphatic carbocycles. The van der Waals surface area contributed by atoms with Gasteiger partial charge in [0.05, 0.1) is 0 Å². The lowest BCUT2D eigenvalue weighted by atomic mass is 10.2. The van der Waals surface area contributed by atoms with Gasteiger partial charge < -0.3 is 10.6 Å². The molecule has 122 valence electrons. The Morgan fingerprint density at radius 3 is 2.17 bits per heavy atom. The third kappa shape index (κ3) is 4.29.